The predicted molar refractivity (Wildman–Crippen MR) is 79.4 cm³/mol. The Hall–Kier alpha value is -2.01. The van der Waals surface area contributed by atoms with Gasteiger partial charge in [-0.1, -0.05) is 18.5 Å². The molecule has 1 N–H and O–H groups in total. The quantitative estimate of drug-likeness (QED) is 0.927. The van der Waals surface area contributed by atoms with Gasteiger partial charge in [0.25, 0.3) is 5.91 Å². The van der Waals surface area contributed by atoms with E-state index in [-0.39, 0.29) is 12.5 Å². The largest absolute Gasteiger partial charge is 0.488 e. The molecule has 2 rings (SSSR count). The molecule has 112 valence electrons. The minimum Gasteiger partial charge on any atom is -0.488 e. The van der Waals surface area contributed by atoms with Gasteiger partial charge in [-0.05, 0) is 30.7 Å². The van der Waals surface area contributed by atoms with Crippen molar-refractivity contribution >= 4 is 29.6 Å². The van der Waals surface area contributed by atoms with E-state index in [1.54, 1.807) is 31.2 Å². The van der Waals surface area contributed by atoms with Gasteiger partial charge in [0.2, 0.25) is 0 Å². The summed E-state index contributed by atoms with van der Waals surface area (Å²) in [5, 5.41) is 9.67. The Kier molecular flexibility index (Phi) is 4.53. The van der Waals surface area contributed by atoms with E-state index < -0.39 is 12.0 Å². The molecule has 1 atom stereocenters. The van der Waals surface area contributed by atoms with Gasteiger partial charge >= 0.3 is 5.97 Å². The number of benzene rings is 1. The van der Waals surface area contributed by atoms with E-state index >= 15 is 0 Å². The molecular formula is C15H16ClNO4. The number of rotatable bonds is 4. The number of hydrogen-bond donors (Lipinski definition) is 1. The maximum Gasteiger partial charge on any atom is 0.326 e. The van der Waals surface area contributed by atoms with Gasteiger partial charge in [0, 0.05) is 17.6 Å². The van der Waals surface area contributed by atoms with E-state index in [1.165, 1.54) is 11.9 Å². The first-order valence-corrected chi connectivity index (χ1v) is 6.94. The number of carboxylic acid groups (broad SMARTS) is 1. The Morgan fingerprint density at radius 2 is 2.19 bits per heavy atom. The van der Waals surface area contributed by atoms with E-state index in [1.807, 2.05) is 0 Å². The number of fused-ring (bicyclic) bond motifs is 1. The second-order valence-corrected chi connectivity index (χ2v) is 5.26. The van der Waals surface area contributed by atoms with Crippen molar-refractivity contribution in [2.75, 3.05) is 13.7 Å². The molecule has 0 spiro atoms. The summed E-state index contributed by atoms with van der Waals surface area (Å²) in [6.45, 7) is 1.84. The zero-order valence-electron chi connectivity index (χ0n) is 11.8. The summed E-state index contributed by atoms with van der Waals surface area (Å²) in [6, 6.07) is 4.31. The normalized spacial score (nSPS) is 14.5. The number of halogens is 1. The molecule has 21 heavy (non-hydrogen) atoms. The molecule has 0 radical (unpaired) electrons. The lowest BCUT2D eigenvalue weighted by molar-refractivity contribution is -0.147. The number of carbonyl (C=O) groups excluding carboxylic acids is 1. The highest BCUT2D eigenvalue weighted by Gasteiger charge is 2.28. The van der Waals surface area contributed by atoms with Gasteiger partial charge in [0.1, 0.15) is 18.4 Å². The van der Waals surface area contributed by atoms with Crippen LogP contribution in [0.15, 0.2) is 23.8 Å². The van der Waals surface area contributed by atoms with Crippen LogP contribution in [0.25, 0.3) is 6.08 Å². The number of nitrogens with zero attached hydrogens (tertiary/aromatic N) is 1. The minimum atomic E-state index is -1.02. The third-order valence-electron chi connectivity index (χ3n) is 3.42. The Morgan fingerprint density at radius 1 is 1.48 bits per heavy atom. The first kappa shape index (κ1) is 15.4. The molecule has 0 aromatic heterocycles. The molecule has 1 aromatic rings. The Balaban J connectivity index is 2.26. The molecule has 1 aliphatic rings. The molecule has 5 nitrogen and oxygen atoms in total. The summed E-state index contributed by atoms with van der Waals surface area (Å²) in [5.41, 5.74) is 1.13. The van der Waals surface area contributed by atoms with Crippen molar-refractivity contribution in [2.45, 2.75) is 19.4 Å². The average Bonchev–Trinajstić information content (AvgIpc) is 2.45. The second kappa shape index (κ2) is 6.18. The first-order valence-electron chi connectivity index (χ1n) is 6.57. The number of carbonyl (C=O) groups is 2. The summed E-state index contributed by atoms with van der Waals surface area (Å²) in [4.78, 5) is 24.7. The van der Waals surface area contributed by atoms with Gasteiger partial charge in [-0.25, -0.2) is 4.79 Å². The van der Waals surface area contributed by atoms with Gasteiger partial charge in [-0.2, -0.15) is 0 Å². The van der Waals surface area contributed by atoms with Crippen molar-refractivity contribution in [2.24, 2.45) is 0 Å². The smallest absolute Gasteiger partial charge is 0.326 e. The van der Waals surface area contributed by atoms with E-state index in [9.17, 15) is 9.59 Å². The molecule has 0 fully saturated rings. The fourth-order valence-electron chi connectivity index (χ4n) is 2.25. The van der Waals surface area contributed by atoms with Crippen molar-refractivity contribution in [3.05, 3.63) is 34.4 Å². The van der Waals surface area contributed by atoms with Crippen LogP contribution in [0.1, 0.15) is 18.9 Å². The van der Waals surface area contributed by atoms with E-state index in [0.717, 1.165) is 0 Å². The molecule has 1 aromatic carbocycles. The highest BCUT2D eigenvalue weighted by atomic mass is 35.5. The number of aliphatic carboxylic acids is 1. The lowest BCUT2D eigenvalue weighted by Gasteiger charge is -2.26. The number of hydrogen-bond acceptors (Lipinski definition) is 3. The molecule has 1 unspecified atom stereocenters. The van der Waals surface area contributed by atoms with Crippen LogP contribution in [-0.4, -0.2) is 41.6 Å². The number of amides is 1. The molecule has 0 aliphatic carbocycles. The summed E-state index contributed by atoms with van der Waals surface area (Å²) in [5.74, 6) is -0.715. The third kappa shape index (κ3) is 3.19. The Bertz CT molecular complexity index is 612. The van der Waals surface area contributed by atoms with Crippen LogP contribution in [0.5, 0.6) is 5.75 Å². The Labute approximate surface area is 127 Å². The van der Waals surface area contributed by atoms with Crippen LogP contribution in [0.3, 0.4) is 0 Å². The van der Waals surface area contributed by atoms with Crippen molar-refractivity contribution in [3.63, 3.8) is 0 Å². The first-order chi connectivity index (χ1) is 9.93. The molecule has 1 aliphatic heterocycles. The molecule has 1 amide bonds. The van der Waals surface area contributed by atoms with Gasteiger partial charge in [-0.15, -0.1) is 0 Å². The number of carboxylic acids is 1. The summed E-state index contributed by atoms with van der Waals surface area (Å²) in [6.07, 6.45) is 2.03. The van der Waals surface area contributed by atoms with Gasteiger partial charge in [0.05, 0.1) is 5.57 Å². The third-order valence-corrected chi connectivity index (χ3v) is 3.65. The maximum absolute atomic E-state index is 12.4. The molecule has 6 heteroatoms. The standard InChI is InChI=1S/C15H16ClNO4/c1-3-12(15(19)20)17(2)14(18)10-6-9-7-11(16)4-5-13(9)21-8-10/h4-7,12H,3,8H2,1-2H3,(H,19,20). The maximum atomic E-state index is 12.4. The van der Waals surface area contributed by atoms with Crippen LogP contribution in [0.2, 0.25) is 5.02 Å². The Morgan fingerprint density at radius 3 is 2.81 bits per heavy atom. The van der Waals surface area contributed by atoms with Crippen molar-refractivity contribution in [3.8, 4) is 5.75 Å². The molecular weight excluding hydrogens is 294 g/mol. The van der Waals surface area contributed by atoms with Crippen LogP contribution in [0, 0.1) is 0 Å². The highest BCUT2D eigenvalue weighted by Crippen LogP contribution is 2.29. The van der Waals surface area contributed by atoms with Crippen LogP contribution in [-0.2, 0) is 9.59 Å². The molecule has 0 bridgehead atoms. The SMILES string of the molecule is CCC(C(=O)O)N(C)C(=O)C1=Cc2cc(Cl)ccc2OC1. The molecule has 1 heterocycles. The topological polar surface area (TPSA) is 66.8 Å². The fraction of sp³-hybridized carbons (Fsp3) is 0.333. The van der Waals surface area contributed by atoms with E-state index in [0.29, 0.717) is 28.3 Å². The molecule has 0 saturated carbocycles. The zero-order valence-corrected chi connectivity index (χ0v) is 12.6. The number of ether oxygens (including phenoxy) is 1. The lowest BCUT2D eigenvalue weighted by Crippen LogP contribution is -2.43. The number of likely N-dealkylation sites (N-methyl/N-ethyl adjacent to an activating group) is 1. The van der Waals surface area contributed by atoms with E-state index in [4.69, 9.17) is 21.4 Å². The average molecular weight is 310 g/mol. The second-order valence-electron chi connectivity index (χ2n) is 4.82. The van der Waals surface area contributed by atoms with Crippen LogP contribution < -0.4 is 4.74 Å². The summed E-state index contributed by atoms with van der Waals surface area (Å²) in [7, 11) is 1.49. The van der Waals surface area contributed by atoms with Gasteiger partial charge in [0.15, 0.2) is 0 Å². The van der Waals surface area contributed by atoms with E-state index in [2.05, 4.69) is 0 Å². The fourth-order valence-corrected chi connectivity index (χ4v) is 2.43. The van der Waals surface area contributed by atoms with Crippen molar-refractivity contribution in [1.29, 1.82) is 0 Å². The zero-order chi connectivity index (χ0) is 15.6. The van der Waals surface area contributed by atoms with Gasteiger partial charge in [-0.3, -0.25) is 4.79 Å². The molecule has 0 saturated heterocycles. The van der Waals surface area contributed by atoms with Gasteiger partial charge < -0.3 is 14.7 Å². The highest BCUT2D eigenvalue weighted by molar-refractivity contribution is 6.30. The van der Waals surface area contributed by atoms with Crippen molar-refractivity contribution < 1.29 is 19.4 Å². The predicted octanol–water partition coefficient (Wildman–Crippen LogP) is 2.44. The van der Waals surface area contributed by atoms with Crippen molar-refractivity contribution in [1.82, 2.24) is 4.90 Å². The monoisotopic (exact) mass is 309 g/mol. The lowest BCUT2D eigenvalue weighted by atomic mass is 10.1. The van der Waals surface area contributed by atoms with Crippen LogP contribution in [0.4, 0.5) is 0 Å². The summed E-state index contributed by atoms with van der Waals surface area (Å²) >= 11 is 5.92. The van der Waals surface area contributed by atoms with Crippen LogP contribution >= 0.6 is 11.6 Å². The summed E-state index contributed by atoms with van der Waals surface area (Å²) < 4.78 is 5.51. The minimum absolute atomic E-state index is 0.119.